The number of nitrogens with one attached hydrogen (secondary N) is 1. The molecule has 2 aliphatic rings. The third-order valence-corrected chi connectivity index (χ3v) is 5.91. The van der Waals surface area contributed by atoms with Gasteiger partial charge in [-0.25, -0.2) is 14.6 Å². The van der Waals surface area contributed by atoms with Crippen LogP contribution >= 0.6 is 0 Å². The number of piperazine rings is 1. The summed E-state index contributed by atoms with van der Waals surface area (Å²) in [6.07, 6.45) is 7.87. The van der Waals surface area contributed by atoms with E-state index in [1.807, 2.05) is 12.3 Å². The van der Waals surface area contributed by atoms with Crippen LogP contribution in [0.1, 0.15) is 24.1 Å². The molecule has 4 heterocycles. The van der Waals surface area contributed by atoms with Gasteiger partial charge in [-0.2, -0.15) is 5.10 Å². The number of aryl methyl sites for hydroxylation is 2. The summed E-state index contributed by atoms with van der Waals surface area (Å²) in [5.41, 5.74) is 3.19. The summed E-state index contributed by atoms with van der Waals surface area (Å²) in [4.78, 5) is 29.0. The summed E-state index contributed by atoms with van der Waals surface area (Å²) in [5.74, 6) is 0.999. The normalized spacial score (nSPS) is 17.8. The molecule has 1 N–H and O–H groups in total. The van der Waals surface area contributed by atoms with Gasteiger partial charge in [0.25, 0.3) is 5.56 Å². The van der Waals surface area contributed by atoms with Crippen molar-refractivity contribution in [3.8, 4) is 0 Å². The van der Waals surface area contributed by atoms with Gasteiger partial charge in [0.2, 0.25) is 0 Å². The molecule has 0 bridgehead atoms. The smallest absolute Gasteiger partial charge is 0.267 e. The predicted molar refractivity (Wildman–Crippen MR) is 108 cm³/mol. The van der Waals surface area contributed by atoms with Crippen molar-refractivity contribution in [2.24, 2.45) is 0 Å². The Bertz CT molecular complexity index is 1030. The molecule has 146 valence electrons. The highest BCUT2D eigenvalue weighted by Crippen LogP contribution is 2.23. The molecule has 1 saturated heterocycles. The topological polar surface area (TPSA) is 82.9 Å². The van der Waals surface area contributed by atoms with Gasteiger partial charge < -0.3 is 9.88 Å². The van der Waals surface area contributed by atoms with Gasteiger partial charge in [-0.05, 0) is 37.3 Å². The van der Waals surface area contributed by atoms with Crippen LogP contribution in [0.25, 0.3) is 11.0 Å². The van der Waals surface area contributed by atoms with Crippen LogP contribution in [-0.4, -0.2) is 62.4 Å². The standard InChI is InChI=1S/C20H25N7O/c28-18-13-15-3-1-2-4-17(15)24-27(18)12-9-25-7-10-26(11-8-25)20-16-5-6-21-19(16)22-14-23-20/h5-6,13-14H,1-4,7-12H2,(H,21,22,23). The molecule has 0 saturated carbocycles. The van der Waals surface area contributed by atoms with Crippen LogP contribution in [-0.2, 0) is 19.4 Å². The lowest BCUT2D eigenvalue weighted by Crippen LogP contribution is -2.48. The quantitative estimate of drug-likeness (QED) is 0.734. The SMILES string of the molecule is O=c1cc2c(nn1CCN1CCN(c3ncnc4[nH]ccc34)CC1)CCCC2. The summed E-state index contributed by atoms with van der Waals surface area (Å²) in [5, 5.41) is 5.70. The highest BCUT2D eigenvalue weighted by molar-refractivity contribution is 5.87. The van der Waals surface area contributed by atoms with E-state index < -0.39 is 0 Å². The van der Waals surface area contributed by atoms with Crippen LogP contribution in [0.15, 0.2) is 29.5 Å². The Balaban J connectivity index is 1.21. The zero-order chi connectivity index (χ0) is 18.9. The van der Waals surface area contributed by atoms with Gasteiger partial charge in [0, 0.05) is 45.0 Å². The number of rotatable bonds is 4. The van der Waals surface area contributed by atoms with Crippen LogP contribution in [0.5, 0.6) is 0 Å². The van der Waals surface area contributed by atoms with E-state index in [2.05, 4.69) is 29.9 Å². The minimum atomic E-state index is 0.0371. The Morgan fingerprint density at radius 3 is 2.79 bits per heavy atom. The Morgan fingerprint density at radius 2 is 1.89 bits per heavy atom. The Labute approximate surface area is 163 Å². The Hall–Kier alpha value is -2.74. The van der Waals surface area contributed by atoms with E-state index in [4.69, 9.17) is 0 Å². The predicted octanol–water partition coefficient (Wildman–Crippen LogP) is 1.22. The molecule has 1 fully saturated rings. The first-order valence-electron chi connectivity index (χ1n) is 10.1. The van der Waals surface area contributed by atoms with Crippen molar-refractivity contribution in [3.63, 3.8) is 0 Å². The van der Waals surface area contributed by atoms with Crippen molar-refractivity contribution in [1.29, 1.82) is 0 Å². The largest absolute Gasteiger partial charge is 0.353 e. The number of H-pyrrole nitrogens is 1. The monoisotopic (exact) mass is 379 g/mol. The molecular formula is C20H25N7O. The molecule has 28 heavy (non-hydrogen) atoms. The van der Waals surface area contributed by atoms with Crippen molar-refractivity contribution in [1.82, 2.24) is 29.6 Å². The lowest BCUT2D eigenvalue weighted by Gasteiger charge is -2.35. The summed E-state index contributed by atoms with van der Waals surface area (Å²) < 4.78 is 1.66. The van der Waals surface area contributed by atoms with Crippen molar-refractivity contribution in [2.45, 2.75) is 32.2 Å². The van der Waals surface area contributed by atoms with Crippen LogP contribution in [0, 0.1) is 0 Å². The number of anilines is 1. The fourth-order valence-electron chi connectivity index (χ4n) is 4.29. The molecule has 0 unspecified atom stereocenters. The third kappa shape index (κ3) is 3.28. The number of nitrogens with zero attached hydrogens (tertiary/aromatic N) is 6. The zero-order valence-electron chi connectivity index (χ0n) is 16.0. The minimum Gasteiger partial charge on any atom is -0.353 e. The molecule has 8 heteroatoms. The van der Waals surface area contributed by atoms with Crippen LogP contribution in [0.4, 0.5) is 5.82 Å². The fraction of sp³-hybridized carbons (Fsp3) is 0.500. The summed E-state index contributed by atoms with van der Waals surface area (Å²) in [7, 11) is 0. The van der Waals surface area contributed by atoms with Gasteiger partial charge >= 0.3 is 0 Å². The van der Waals surface area contributed by atoms with Crippen LogP contribution < -0.4 is 10.5 Å². The van der Waals surface area contributed by atoms with E-state index in [1.165, 1.54) is 12.8 Å². The number of aromatic nitrogens is 5. The zero-order valence-corrected chi connectivity index (χ0v) is 16.0. The van der Waals surface area contributed by atoms with Gasteiger partial charge in [0.15, 0.2) is 0 Å². The Morgan fingerprint density at radius 1 is 1.04 bits per heavy atom. The van der Waals surface area contributed by atoms with Gasteiger partial charge in [0.05, 0.1) is 17.6 Å². The molecule has 3 aromatic rings. The van der Waals surface area contributed by atoms with Crippen molar-refractivity contribution in [3.05, 3.63) is 46.3 Å². The molecule has 0 atom stereocenters. The molecule has 0 amide bonds. The average molecular weight is 379 g/mol. The van der Waals surface area contributed by atoms with E-state index in [0.29, 0.717) is 6.54 Å². The van der Waals surface area contributed by atoms with Gasteiger partial charge in [-0.15, -0.1) is 0 Å². The molecular weight excluding hydrogens is 354 g/mol. The second-order valence-electron chi connectivity index (χ2n) is 7.65. The lowest BCUT2D eigenvalue weighted by molar-refractivity contribution is 0.242. The molecule has 5 rings (SSSR count). The first-order chi connectivity index (χ1) is 13.8. The van der Waals surface area contributed by atoms with E-state index in [0.717, 1.165) is 73.7 Å². The third-order valence-electron chi connectivity index (χ3n) is 5.91. The maximum absolute atomic E-state index is 12.4. The highest BCUT2D eigenvalue weighted by Gasteiger charge is 2.20. The van der Waals surface area contributed by atoms with E-state index >= 15 is 0 Å². The van der Waals surface area contributed by atoms with E-state index in [1.54, 1.807) is 17.1 Å². The molecule has 0 aromatic carbocycles. The highest BCUT2D eigenvalue weighted by atomic mass is 16.1. The van der Waals surface area contributed by atoms with Gasteiger partial charge in [0.1, 0.15) is 17.8 Å². The Kier molecular flexibility index (Phi) is 4.56. The van der Waals surface area contributed by atoms with Gasteiger partial charge in [-0.3, -0.25) is 9.69 Å². The molecule has 8 nitrogen and oxygen atoms in total. The number of aromatic amines is 1. The van der Waals surface area contributed by atoms with Crippen LogP contribution in [0.3, 0.4) is 0 Å². The fourth-order valence-corrected chi connectivity index (χ4v) is 4.29. The van der Waals surface area contributed by atoms with Crippen molar-refractivity contribution < 1.29 is 0 Å². The van der Waals surface area contributed by atoms with E-state index in [-0.39, 0.29) is 5.56 Å². The number of hydrogen-bond donors (Lipinski definition) is 1. The number of fused-ring (bicyclic) bond motifs is 2. The second kappa shape index (κ2) is 7.35. The first kappa shape index (κ1) is 17.4. The van der Waals surface area contributed by atoms with Crippen molar-refractivity contribution >= 4 is 16.9 Å². The number of hydrogen-bond acceptors (Lipinski definition) is 6. The van der Waals surface area contributed by atoms with Crippen LogP contribution in [0.2, 0.25) is 0 Å². The summed E-state index contributed by atoms with van der Waals surface area (Å²) in [6.45, 7) is 5.25. The second-order valence-corrected chi connectivity index (χ2v) is 7.65. The average Bonchev–Trinajstić information content (AvgIpc) is 3.22. The molecule has 0 radical (unpaired) electrons. The van der Waals surface area contributed by atoms with Crippen molar-refractivity contribution in [2.75, 3.05) is 37.6 Å². The van der Waals surface area contributed by atoms with E-state index in [9.17, 15) is 4.79 Å². The molecule has 0 spiro atoms. The molecule has 3 aromatic heterocycles. The maximum Gasteiger partial charge on any atom is 0.267 e. The molecule has 1 aliphatic heterocycles. The van der Waals surface area contributed by atoms with Gasteiger partial charge in [-0.1, -0.05) is 0 Å². The maximum atomic E-state index is 12.4. The summed E-state index contributed by atoms with van der Waals surface area (Å²) >= 11 is 0. The minimum absolute atomic E-state index is 0.0371. The lowest BCUT2D eigenvalue weighted by atomic mass is 9.97. The first-order valence-corrected chi connectivity index (χ1v) is 10.1. The molecule has 1 aliphatic carbocycles. The summed E-state index contributed by atoms with van der Waals surface area (Å²) in [6, 6.07) is 3.84.